The smallest absolute Gasteiger partial charge is 0.308 e. The van der Waals surface area contributed by atoms with Crippen LogP contribution in [0.3, 0.4) is 0 Å². The van der Waals surface area contributed by atoms with Crippen LogP contribution in [0.1, 0.15) is 51.1 Å². The minimum Gasteiger partial charge on any atom is -0.466 e. The van der Waals surface area contributed by atoms with Crippen molar-refractivity contribution < 1.29 is 9.53 Å². The molecule has 4 heteroatoms. The van der Waals surface area contributed by atoms with E-state index in [0.29, 0.717) is 12.6 Å². The molecule has 2 rings (SSSR count). The molecule has 116 valence electrons. The zero-order chi connectivity index (χ0) is 15.2. The van der Waals surface area contributed by atoms with Crippen molar-refractivity contribution in [2.24, 2.45) is 5.92 Å². The summed E-state index contributed by atoms with van der Waals surface area (Å²) in [5.74, 6) is 0.0109. The van der Waals surface area contributed by atoms with E-state index in [4.69, 9.17) is 16.3 Å². The van der Waals surface area contributed by atoms with Crippen molar-refractivity contribution >= 4 is 17.6 Å². The van der Waals surface area contributed by atoms with Gasteiger partial charge >= 0.3 is 5.97 Å². The largest absolute Gasteiger partial charge is 0.466 e. The highest BCUT2D eigenvalue weighted by atomic mass is 35.5. The fourth-order valence-electron chi connectivity index (χ4n) is 3.02. The number of benzene rings is 1. The highest BCUT2D eigenvalue weighted by Crippen LogP contribution is 2.27. The lowest BCUT2D eigenvalue weighted by Gasteiger charge is -2.31. The molecule has 3 nitrogen and oxygen atoms in total. The summed E-state index contributed by atoms with van der Waals surface area (Å²) in [7, 11) is 0. The Labute approximate surface area is 132 Å². The molecule has 2 unspecified atom stereocenters. The Morgan fingerprint density at radius 2 is 2.10 bits per heavy atom. The molecule has 0 aliphatic heterocycles. The van der Waals surface area contributed by atoms with Gasteiger partial charge in [-0.3, -0.25) is 4.79 Å². The van der Waals surface area contributed by atoms with Crippen LogP contribution in [0.25, 0.3) is 0 Å². The summed E-state index contributed by atoms with van der Waals surface area (Å²) in [5.41, 5.74) is 1.22. The number of esters is 1. The van der Waals surface area contributed by atoms with Gasteiger partial charge < -0.3 is 10.1 Å². The van der Waals surface area contributed by atoms with Gasteiger partial charge in [0.2, 0.25) is 0 Å². The molecular formula is C17H24ClNO2. The van der Waals surface area contributed by atoms with Gasteiger partial charge in [-0.25, -0.2) is 0 Å². The molecule has 0 radical (unpaired) electrons. The van der Waals surface area contributed by atoms with E-state index in [9.17, 15) is 4.79 Å². The van der Waals surface area contributed by atoms with Gasteiger partial charge in [-0.2, -0.15) is 0 Å². The molecule has 0 spiro atoms. The van der Waals surface area contributed by atoms with Crippen LogP contribution in [0.15, 0.2) is 24.3 Å². The third-order valence-corrected chi connectivity index (χ3v) is 4.40. The summed E-state index contributed by atoms with van der Waals surface area (Å²) in [4.78, 5) is 11.9. The molecule has 0 amide bonds. The van der Waals surface area contributed by atoms with Crippen LogP contribution in [-0.4, -0.2) is 18.6 Å². The maximum absolute atomic E-state index is 11.9. The summed E-state index contributed by atoms with van der Waals surface area (Å²) >= 11 is 5.92. The first-order valence-electron chi connectivity index (χ1n) is 7.78. The molecule has 1 fully saturated rings. The van der Waals surface area contributed by atoms with Gasteiger partial charge in [0, 0.05) is 17.1 Å². The molecule has 0 aromatic heterocycles. The van der Waals surface area contributed by atoms with E-state index in [0.717, 1.165) is 30.7 Å². The normalized spacial score (nSPS) is 23.6. The van der Waals surface area contributed by atoms with Gasteiger partial charge in [0.1, 0.15) is 0 Å². The standard InChI is InChI=1S/C17H24ClNO2/c1-3-21-17(20)14-5-4-6-16(11-14)19-12(2)13-7-9-15(18)10-8-13/h7-10,12,14,16,19H,3-6,11H2,1-2H3/t12-,14?,16?/m1/s1. The Morgan fingerprint density at radius 3 is 2.76 bits per heavy atom. The summed E-state index contributed by atoms with van der Waals surface area (Å²) < 4.78 is 5.15. The quantitative estimate of drug-likeness (QED) is 0.832. The van der Waals surface area contributed by atoms with Crippen molar-refractivity contribution in [2.75, 3.05) is 6.61 Å². The highest BCUT2D eigenvalue weighted by Gasteiger charge is 2.28. The molecule has 0 heterocycles. The number of hydrogen-bond donors (Lipinski definition) is 1. The van der Waals surface area contributed by atoms with Crippen molar-refractivity contribution in [1.82, 2.24) is 5.32 Å². The average molecular weight is 310 g/mol. The molecule has 21 heavy (non-hydrogen) atoms. The fraction of sp³-hybridized carbons (Fsp3) is 0.588. The van der Waals surface area contributed by atoms with E-state index in [-0.39, 0.29) is 17.9 Å². The van der Waals surface area contributed by atoms with Crippen LogP contribution in [0.4, 0.5) is 0 Å². The molecule has 3 atom stereocenters. The minimum atomic E-state index is -0.0388. The summed E-state index contributed by atoms with van der Waals surface area (Å²) in [6.07, 6.45) is 4.02. The molecule has 0 bridgehead atoms. The van der Waals surface area contributed by atoms with Crippen LogP contribution in [0, 0.1) is 5.92 Å². The Balaban J connectivity index is 1.89. The van der Waals surface area contributed by atoms with Gasteiger partial charge in [0.25, 0.3) is 0 Å². The monoisotopic (exact) mass is 309 g/mol. The first-order chi connectivity index (χ1) is 10.1. The molecule has 1 aromatic carbocycles. The van der Waals surface area contributed by atoms with Gasteiger partial charge in [0.15, 0.2) is 0 Å². The lowest BCUT2D eigenvalue weighted by molar-refractivity contribution is -0.149. The SMILES string of the molecule is CCOC(=O)C1CCCC(N[C@H](C)c2ccc(Cl)cc2)C1. The average Bonchev–Trinajstić information content (AvgIpc) is 2.48. The second-order valence-corrected chi connectivity index (χ2v) is 6.19. The van der Waals surface area contributed by atoms with Gasteiger partial charge in [0.05, 0.1) is 12.5 Å². The lowest BCUT2D eigenvalue weighted by Crippen LogP contribution is -2.38. The summed E-state index contributed by atoms with van der Waals surface area (Å²) in [6.45, 7) is 4.48. The van der Waals surface area contributed by atoms with E-state index < -0.39 is 0 Å². The zero-order valence-electron chi connectivity index (χ0n) is 12.8. The number of halogens is 1. The maximum Gasteiger partial charge on any atom is 0.308 e. The van der Waals surface area contributed by atoms with Crippen molar-refractivity contribution in [2.45, 2.75) is 51.6 Å². The predicted octanol–water partition coefficient (Wildman–Crippen LogP) is 4.11. The first kappa shape index (κ1) is 16.3. The summed E-state index contributed by atoms with van der Waals surface area (Å²) in [6, 6.07) is 8.55. The molecule has 0 saturated heterocycles. The topological polar surface area (TPSA) is 38.3 Å². The van der Waals surface area contributed by atoms with E-state index in [2.05, 4.69) is 12.2 Å². The third kappa shape index (κ3) is 4.72. The molecule has 1 N–H and O–H groups in total. The van der Waals surface area contributed by atoms with Crippen LogP contribution in [0.5, 0.6) is 0 Å². The fourth-order valence-corrected chi connectivity index (χ4v) is 3.14. The lowest BCUT2D eigenvalue weighted by atomic mass is 9.85. The van der Waals surface area contributed by atoms with Crippen LogP contribution in [-0.2, 0) is 9.53 Å². The minimum absolute atomic E-state index is 0.0388. The number of ether oxygens (including phenoxy) is 1. The summed E-state index contributed by atoms with van der Waals surface area (Å²) in [5, 5.41) is 4.39. The number of hydrogen-bond acceptors (Lipinski definition) is 3. The van der Waals surface area contributed by atoms with Crippen LogP contribution in [0.2, 0.25) is 5.02 Å². The predicted molar refractivity (Wildman–Crippen MR) is 85.4 cm³/mol. The van der Waals surface area contributed by atoms with Crippen LogP contribution < -0.4 is 5.32 Å². The van der Waals surface area contributed by atoms with Crippen molar-refractivity contribution in [3.8, 4) is 0 Å². The van der Waals surface area contributed by atoms with E-state index in [1.54, 1.807) is 0 Å². The van der Waals surface area contributed by atoms with Crippen molar-refractivity contribution in [1.29, 1.82) is 0 Å². The maximum atomic E-state index is 11.9. The van der Waals surface area contributed by atoms with Crippen LogP contribution >= 0.6 is 11.6 Å². The molecular weight excluding hydrogens is 286 g/mol. The number of rotatable bonds is 5. The second-order valence-electron chi connectivity index (χ2n) is 5.75. The van der Waals surface area contributed by atoms with E-state index in [1.807, 2.05) is 31.2 Å². The Morgan fingerprint density at radius 1 is 1.38 bits per heavy atom. The Kier molecular flexibility index (Phi) is 6.07. The number of carbonyl (C=O) groups excluding carboxylic acids is 1. The van der Waals surface area contributed by atoms with Gasteiger partial charge in [-0.05, 0) is 50.8 Å². The Bertz CT molecular complexity index is 460. The van der Waals surface area contributed by atoms with E-state index in [1.165, 1.54) is 5.56 Å². The molecule has 1 aliphatic carbocycles. The second kappa shape index (κ2) is 7.81. The number of carbonyl (C=O) groups is 1. The zero-order valence-corrected chi connectivity index (χ0v) is 13.5. The van der Waals surface area contributed by atoms with Crippen molar-refractivity contribution in [3.05, 3.63) is 34.9 Å². The van der Waals surface area contributed by atoms with E-state index >= 15 is 0 Å². The molecule has 1 saturated carbocycles. The third-order valence-electron chi connectivity index (χ3n) is 4.15. The highest BCUT2D eigenvalue weighted by molar-refractivity contribution is 6.30. The molecule has 1 aliphatic rings. The number of nitrogens with one attached hydrogen (secondary N) is 1. The van der Waals surface area contributed by atoms with Gasteiger partial charge in [-0.15, -0.1) is 0 Å². The van der Waals surface area contributed by atoms with Crippen molar-refractivity contribution in [3.63, 3.8) is 0 Å². The molecule has 1 aromatic rings. The van der Waals surface area contributed by atoms with Gasteiger partial charge in [-0.1, -0.05) is 30.2 Å². The first-order valence-corrected chi connectivity index (χ1v) is 8.16. The Hall–Kier alpha value is -1.06.